The number of aromatic amines is 1. The van der Waals surface area contributed by atoms with Gasteiger partial charge in [0.1, 0.15) is 10.5 Å². The SMILES string of the molecule is CC(C)(C)CC(=O)Nc1[nH]nc2nc(NCC(O)C(C)(C)C)sc12. The lowest BCUT2D eigenvalue weighted by Gasteiger charge is -2.25. The van der Waals surface area contributed by atoms with Crippen molar-refractivity contribution in [3.63, 3.8) is 0 Å². The zero-order valence-corrected chi connectivity index (χ0v) is 16.0. The summed E-state index contributed by atoms with van der Waals surface area (Å²) in [5, 5.41) is 23.7. The number of aromatic nitrogens is 3. The second-order valence-corrected chi connectivity index (χ2v) is 9.32. The first kappa shape index (κ1) is 18.7. The minimum Gasteiger partial charge on any atom is -0.391 e. The maximum atomic E-state index is 12.1. The molecule has 134 valence electrons. The van der Waals surface area contributed by atoms with Gasteiger partial charge in [-0.2, -0.15) is 10.1 Å². The Morgan fingerprint density at radius 3 is 2.54 bits per heavy atom. The number of nitrogens with one attached hydrogen (secondary N) is 3. The highest BCUT2D eigenvalue weighted by atomic mass is 32.1. The molecule has 4 N–H and O–H groups in total. The molecule has 7 nitrogen and oxygen atoms in total. The molecule has 1 amide bonds. The molecule has 0 aromatic carbocycles. The van der Waals surface area contributed by atoms with Crippen molar-refractivity contribution in [3.05, 3.63) is 0 Å². The van der Waals surface area contributed by atoms with E-state index in [2.05, 4.69) is 25.8 Å². The number of anilines is 2. The molecule has 0 aliphatic carbocycles. The van der Waals surface area contributed by atoms with Crippen molar-refractivity contribution in [2.75, 3.05) is 17.2 Å². The van der Waals surface area contributed by atoms with E-state index in [-0.39, 0.29) is 16.7 Å². The summed E-state index contributed by atoms with van der Waals surface area (Å²) < 4.78 is 0.796. The first-order valence-electron chi connectivity index (χ1n) is 8.02. The predicted octanol–water partition coefficient (Wildman–Crippen LogP) is 3.21. The van der Waals surface area contributed by atoms with Crippen molar-refractivity contribution in [2.45, 2.75) is 54.1 Å². The lowest BCUT2D eigenvalue weighted by molar-refractivity contribution is -0.117. The number of hydrogen-bond donors (Lipinski definition) is 4. The Morgan fingerprint density at radius 2 is 1.96 bits per heavy atom. The van der Waals surface area contributed by atoms with E-state index in [1.54, 1.807) is 0 Å². The van der Waals surface area contributed by atoms with Crippen LogP contribution in [0.3, 0.4) is 0 Å². The van der Waals surface area contributed by atoms with Crippen LogP contribution in [0.4, 0.5) is 10.9 Å². The van der Waals surface area contributed by atoms with Gasteiger partial charge in [-0.1, -0.05) is 52.9 Å². The molecule has 1 atom stereocenters. The summed E-state index contributed by atoms with van der Waals surface area (Å²) >= 11 is 1.40. The van der Waals surface area contributed by atoms with Crippen LogP contribution in [0.2, 0.25) is 0 Å². The minimum absolute atomic E-state index is 0.0564. The molecule has 2 heterocycles. The molecule has 0 saturated heterocycles. The number of aliphatic hydroxyl groups is 1. The first-order valence-corrected chi connectivity index (χ1v) is 8.84. The van der Waals surface area contributed by atoms with Crippen molar-refractivity contribution in [2.24, 2.45) is 10.8 Å². The number of nitrogens with zero attached hydrogens (tertiary/aromatic N) is 2. The topological polar surface area (TPSA) is 103 Å². The molecule has 0 fully saturated rings. The van der Waals surface area contributed by atoms with Gasteiger partial charge in [0, 0.05) is 13.0 Å². The number of H-pyrrole nitrogens is 1. The van der Waals surface area contributed by atoms with E-state index in [1.165, 1.54) is 11.3 Å². The number of fused-ring (bicyclic) bond motifs is 1. The van der Waals surface area contributed by atoms with Gasteiger partial charge in [-0.25, -0.2) is 0 Å². The molecule has 0 aliphatic rings. The molecule has 2 aromatic rings. The van der Waals surface area contributed by atoms with Crippen LogP contribution >= 0.6 is 11.3 Å². The normalized spacial score (nSPS) is 14.0. The van der Waals surface area contributed by atoms with Crippen LogP contribution in [-0.4, -0.2) is 38.8 Å². The van der Waals surface area contributed by atoms with E-state index >= 15 is 0 Å². The summed E-state index contributed by atoms with van der Waals surface area (Å²) in [5.41, 5.74) is 0.281. The van der Waals surface area contributed by atoms with E-state index < -0.39 is 6.10 Å². The van der Waals surface area contributed by atoms with Crippen LogP contribution < -0.4 is 10.6 Å². The van der Waals surface area contributed by atoms with Crippen molar-refractivity contribution >= 4 is 38.5 Å². The molecule has 2 aromatic heterocycles. The predicted molar refractivity (Wildman–Crippen MR) is 98.4 cm³/mol. The average molecular weight is 353 g/mol. The van der Waals surface area contributed by atoms with Crippen LogP contribution in [0, 0.1) is 10.8 Å². The molecule has 0 saturated carbocycles. The lowest BCUT2D eigenvalue weighted by Crippen LogP contribution is -2.32. The second kappa shape index (κ2) is 6.68. The minimum atomic E-state index is -0.485. The number of rotatable bonds is 5. The third kappa shape index (κ3) is 4.91. The fourth-order valence-corrected chi connectivity index (χ4v) is 2.89. The number of amides is 1. The largest absolute Gasteiger partial charge is 0.391 e. The molecule has 24 heavy (non-hydrogen) atoms. The highest BCUT2D eigenvalue weighted by Crippen LogP contribution is 2.31. The van der Waals surface area contributed by atoms with Gasteiger partial charge >= 0.3 is 0 Å². The maximum absolute atomic E-state index is 12.1. The van der Waals surface area contributed by atoms with Gasteiger partial charge < -0.3 is 15.7 Å². The van der Waals surface area contributed by atoms with E-state index in [1.807, 2.05) is 41.5 Å². The molecular formula is C16H27N5O2S. The fourth-order valence-electron chi connectivity index (χ4n) is 2.03. The van der Waals surface area contributed by atoms with Crippen LogP contribution in [0.5, 0.6) is 0 Å². The smallest absolute Gasteiger partial charge is 0.226 e. The molecule has 8 heteroatoms. The fraction of sp³-hybridized carbons (Fsp3) is 0.688. The van der Waals surface area contributed by atoms with E-state index in [0.29, 0.717) is 29.6 Å². The average Bonchev–Trinajstić information content (AvgIpc) is 2.94. The summed E-state index contributed by atoms with van der Waals surface area (Å²) in [5.74, 6) is 0.514. The zero-order valence-electron chi connectivity index (χ0n) is 15.1. The van der Waals surface area contributed by atoms with Gasteiger partial charge in [-0.05, 0) is 10.8 Å². The number of thiazole rings is 1. The van der Waals surface area contributed by atoms with E-state index in [9.17, 15) is 9.90 Å². The van der Waals surface area contributed by atoms with Gasteiger partial charge in [-0.15, -0.1) is 0 Å². The molecular weight excluding hydrogens is 326 g/mol. The summed E-state index contributed by atoms with van der Waals surface area (Å²) in [6, 6.07) is 0. The van der Waals surface area contributed by atoms with Crippen molar-refractivity contribution in [1.82, 2.24) is 15.2 Å². The molecule has 2 rings (SSSR count). The summed E-state index contributed by atoms with van der Waals surface area (Å²) in [7, 11) is 0. The zero-order chi connectivity index (χ0) is 18.1. The Balaban J connectivity index is 2.05. The quantitative estimate of drug-likeness (QED) is 0.661. The Morgan fingerprint density at radius 1 is 1.29 bits per heavy atom. The Kier molecular flexibility index (Phi) is 5.19. The Labute approximate surface area is 146 Å². The maximum Gasteiger partial charge on any atom is 0.226 e. The van der Waals surface area contributed by atoms with Crippen LogP contribution in [0.1, 0.15) is 48.0 Å². The van der Waals surface area contributed by atoms with Crippen molar-refractivity contribution in [3.8, 4) is 0 Å². The molecule has 0 spiro atoms. The van der Waals surface area contributed by atoms with Crippen LogP contribution in [0.15, 0.2) is 0 Å². The standard InChI is InChI=1S/C16H27N5O2S/c1-15(2,3)7-10(23)18-12-11-13(21-20-12)19-14(24-11)17-8-9(22)16(4,5)6/h9,22H,7-8H2,1-6H3,(H3,17,18,19,20,21,23). The van der Waals surface area contributed by atoms with E-state index in [0.717, 1.165) is 4.70 Å². The first-order chi connectivity index (χ1) is 11.0. The molecule has 0 bridgehead atoms. The van der Waals surface area contributed by atoms with Gasteiger partial charge in [0.15, 0.2) is 10.8 Å². The van der Waals surface area contributed by atoms with Gasteiger partial charge in [0.25, 0.3) is 0 Å². The van der Waals surface area contributed by atoms with Crippen molar-refractivity contribution in [1.29, 1.82) is 0 Å². The highest BCUT2D eigenvalue weighted by molar-refractivity contribution is 7.22. The van der Waals surface area contributed by atoms with Crippen molar-refractivity contribution < 1.29 is 9.90 Å². The van der Waals surface area contributed by atoms with Gasteiger partial charge in [0.2, 0.25) is 5.91 Å². The van der Waals surface area contributed by atoms with Gasteiger partial charge in [-0.3, -0.25) is 9.89 Å². The Hall–Kier alpha value is -1.67. The monoisotopic (exact) mass is 353 g/mol. The molecule has 0 radical (unpaired) electrons. The van der Waals surface area contributed by atoms with Crippen LogP contribution in [-0.2, 0) is 4.79 Å². The van der Waals surface area contributed by atoms with Crippen LogP contribution in [0.25, 0.3) is 10.3 Å². The third-order valence-electron chi connectivity index (χ3n) is 3.51. The summed E-state index contributed by atoms with van der Waals surface area (Å²) in [4.78, 5) is 16.5. The summed E-state index contributed by atoms with van der Waals surface area (Å²) in [6.45, 7) is 12.4. The third-order valence-corrected chi connectivity index (χ3v) is 4.53. The second-order valence-electron chi connectivity index (χ2n) is 8.32. The molecule has 1 unspecified atom stereocenters. The highest BCUT2D eigenvalue weighted by Gasteiger charge is 2.23. The number of hydrogen-bond acceptors (Lipinski definition) is 6. The Bertz CT molecular complexity index is 708. The number of carbonyl (C=O) groups excluding carboxylic acids is 1. The number of aliphatic hydroxyl groups excluding tert-OH is 1. The molecule has 0 aliphatic heterocycles. The van der Waals surface area contributed by atoms with E-state index in [4.69, 9.17) is 0 Å². The lowest BCUT2D eigenvalue weighted by atomic mass is 9.89. The summed E-state index contributed by atoms with van der Waals surface area (Å²) in [6.07, 6.45) is -0.0592. The number of carbonyl (C=O) groups is 1. The van der Waals surface area contributed by atoms with Gasteiger partial charge in [0.05, 0.1) is 6.10 Å².